The van der Waals surface area contributed by atoms with Crippen molar-refractivity contribution in [2.75, 3.05) is 13.7 Å². The van der Waals surface area contributed by atoms with Crippen molar-refractivity contribution in [3.63, 3.8) is 0 Å². The summed E-state index contributed by atoms with van der Waals surface area (Å²) in [6.45, 7) is 7.85. The van der Waals surface area contributed by atoms with Gasteiger partial charge in [0.15, 0.2) is 16.3 Å². The summed E-state index contributed by atoms with van der Waals surface area (Å²) in [5, 5.41) is 0.959. The summed E-state index contributed by atoms with van der Waals surface area (Å²) in [4.78, 5) is 32.4. The number of hydrogen-bond acceptors (Lipinski definition) is 8. The number of methoxy groups -OCH3 is 1. The number of rotatable bonds is 10. The van der Waals surface area contributed by atoms with Crippen molar-refractivity contribution < 1.29 is 23.7 Å². The number of thiazole rings is 1. The van der Waals surface area contributed by atoms with E-state index in [-0.39, 0.29) is 18.3 Å². The first-order valence-corrected chi connectivity index (χ1v) is 15.9. The number of carbonyl (C=O) groups is 1. The van der Waals surface area contributed by atoms with Crippen molar-refractivity contribution >= 4 is 46.6 Å². The molecule has 2 heterocycles. The van der Waals surface area contributed by atoms with Gasteiger partial charge in [0.05, 0.1) is 51.7 Å². The Kier molecular flexibility index (Phi) is 10.0. The Labute approximate surface area is 274 Å². The molecule has 0 unspecified atom stereocenters. The number of allylic oxidation sites excluding steroid dienone is 1. The van der Waals surface area contributed by atoms with E-state index >= 15 is 0 Å². The second-order valence-corrected chi connectivity index (χ2v) is 12.3. The molecule has 1 aromatic heterocycles. The van der Waals surface area contributed by atoms with E-state index in [4.69, 9.17) is 42.1 Å². The highest BCUT2D eigenvalue weighted by Gasteiger charge is 2.34. The Morgan fingerprint density at radius 2 is 1.80 bits per heavy atom. The standard InChI is InChI=1S/C34H32Cl2N2O6S/c1-6-42-33(40)30-20(4)37-34-38(31(30)23-10-14-27(44-19(2)3)28(17-23)41-5)32(39)29(45-34)16-21-7-11-24(12-8-21)43-18-22-9-13-25(35)26(36)15-22/h7-17,19,31H,6,18H2,1-5H3/b29-16-/t31-/m1/s1. The molecule has 0 fully saturated rings. The highest BCUT2D eigenvalue weighted by molar-refractivity contribution is 7.07. The zero-order chi connectivity index (χ0) is 32.2. The molecule has 8 nitrogen and oxygen atoms in total. The first-order chi connectivity index (χ1) is 21.6. The van der Waals surface area contributed by atoms with Crippen molar-refractivity contribution in [3.05, 3.63) is 118 Å². The van der Waals surface area contributed by atoms with Gasteiger partial charge in [0.1, 0.15) is 12.4 Å². The lowest BCUT2D eigenvalue weighted by atomic mass is 9.95. The van der Waals surface area contributed by atoms with E-state index in [1.54, 1.807) is 55.9 Å². The molecule has 11 heteroatoms. The molecule has 0 N–H and O–H groups in total. The van der Waals surface area contributed by atoms with E-state index < -0.39 is 12.0 Å². The van der Waals surface area contributed by atoms with Crippen LogP contribution in [0.1, 0.15) is 50.4 Å². The second-order valence-electron chi connectivity index (χ2n) is 10.5. The van der Waals surface area contributed by atoms with Gasteiger partial charge >= 0.3 is 5.97 Å². The third kappa shape index (κ3) is 7.11. The maximum absolute atomic E-state index is 14.0. The molecule has 0 saturated carbocycles. The Morgan fingerprint density at radius 1 is 1.04 bits per heavy atom. The number of hydrogen-bond donors (Lipinski definition) is 0. The average molecular weight is 668 g/mol. The molecule has 0 radical (unpaired) electrons. The molecular formula is C34H32Cl2N2O6S. The van der Waals surface area contributed by atoms with E-state index in [0.29, 0.717) is 60.1 Å². The minimum absolute atomic E-state index is 0.0668. The summed E-state index contributed by atoms with van der Waals surface area (Å²) in [7, 11) is 1.55. The molecule has 0 bridgehead atoms. The normalized spacial score (nSPS) is 14.7. The third-order valence-corrected chi connectivity index (χ3v) is 8.67. The monoisotopic (exact) mass is 666 g/mol. The smallest absolute Gasteiger partial charge is 0.338 e. The predicted octanol–water partition coefficient (Wildman–Crippen LogP) is 6.48. The van der Waals surface area contributed by atoms with E-state index in [0.717, 1.165) is 11.1 Å². The molecule has 0 aliphatic carbocycles. The van der Waals surface area contributed by atoms with Crippen LogP contribution in [0.3, 0.4) is 0 Å². The van der Waals surface area contributed by atoms with Gasteiger partial charge in [-0.3, -0.25) is 9.36 Å². The number of nitrogens with zero attached hydrogens (tertiary/aromatic N) is 2. The van der Waals surface area contributed by atoms with Crippen molar-refractivity contribution in [1.82, 2.24) is 4.57 Å². The van der Waals surface area contributed by atoms with Crippen molar-refractivity contribution in [2.24, 2.45) is 4.99 Å². The fourth-order valence-corrected chi connectivity index (χ4v) is 6.29. The largest absolute Gasteiger partial charge is 0.493 e. The second kappa shape index (κ2) is 13.9. The summed E-state index contributed by atoms with van der Waals surface area (Å²) in [6.07, 6.45) is 1.73. The van der Waals surface area contributed by atoms with Crippen LogP contribution in [0.15, 0.2) is 81.7 Å². The molecule has 0 spiro atoms. The van der Waals surface area contributed by atoms with Gasteiger partial charge in [0.2, 0.25) is 0 Å². The minimum Gasteiger partial charge on any atom is -0.493 e. The van der Waals surface area contributed by atoms with Gasteiger partial charge < -0.3 is 18.9 Å². The summed E-state index contributed by atoms with van der Waals surface area (Å²) in [5.74, 6) is 1.18. The van der Waals surface area contributed by atoms with Crippen LogP contribution >= 0.6 is 34.5 Å². The van der Waals surface area contributed by atoms with Gasteiger partial charge in [-0.25, -0.2) is 9.79 Å². The molecule has 45 heavy (non-hydrogen) atoms. The molecule has 0 amide bonds. The maximum atomic E-state index is 14.0. The lowest BCUT2D eigenvalue weighted by Gasteiger charge is -2.25. The Hall–Kier alpha value is -4.05. The summed E-state index contributed by atoms with van der Waals surface area (Å²) >= 11 is 13.4. The van der Waals surface area contributed by atoms with E-state index in [9.17, 15) is 9.59 Å². The van der Waals surface area contributed by atoms with E-state index in [1.807, 2.05) is 50.2 Å². The topological polar surface area (TPSA) is 88.4 Å². The van der Waals surface area contributed by atoms with Gasteiger partial charge in [-0.2, -0.15) is 0 Å². The van der Waals surface area contributed by atoms with Crippen molar-refractivity contribution in [1.29, 1.82) is 0 Å². The number of benzene rings is 3. The molecule has 1 aliphatic heterocycles. The third-order valence-electron chi connectivity index (χ3n) is 6.95. The number of carbonyl (C=O) groups excluding carboxylic acids is 1. The first kappa shape index (κ1) is 32.3. The van der Waals surface area contributed by atoms with Crippen LogP contribution in [0, 0.1) is 0 Å². The molecule has 5 rings (SSSR count). The van der Waals surface area contributed by atoms with Crippen molar-refractivity contribution in [3.8, 4) is 17.2 Å². The van der Waals surface area contributed by atoms with Crippen LogP contribution in [0.4, 0.5) is 0 Å². The zero-order valence-electron chi connectivity index (χ0n) is 25.4. The van der Waals surface area contributed by atoms with Crippen LogP contribution in [-0.4, -0.2) is 30.4 Å². The van der Waals surface area contributed by atoms with Crippen LogP contribution in [0.2, 0.25) is 10.0 Å². The van der Waals surface area contributed by atoms with Gasteiger partial charge in [0.25, 0.3) is 5.56 Å². The number of esters is 1. The lowest BCUT2D eigenvalue weighted by Crippen LogP contribution is -2.40. The lowest BCUT2D eigenvalue weighted by molar-refractivity contribution is -0.139. The molecular weight excluding hydrogens is 635 g/mol. The Bertz CT molecular complexity index is 1950. The maximum Gasteiger partial charge on any atom is 0.338 e. The quantitative estimate of drug-likeness (QED) is 0.180. The molecule has 1 atom stereocenters. The van der Waals surface area contributed by atoms with E-state index in [2.05, 4.69) is 4.99 Å². The molecule has 1 aliphatic rings. The number of aromatic nitrogens is 1. The fourth-order valence-electron chi connectivity index (χ4n) is 4.92. The van der Waals surface area contributed by atoms with Crippen LogP contribution < -0.4 is 29.1 Å². The average Bonchev–Trinajstić information content (AvgIpc) is 3.31. The van der Waals surface area contributed by atoms with Gasteiger partial charge in [0, 0.05) is 0 Å². The Morgan fingerprint density at radius 3 is 2.47 bits per heavy atom. The molecule has 234 valence electrons. The first-order valence-electron chi connectivity index (χ1n) is 14.3. The van der Waals surface area contributed by atoms with Gasteiger partial charge in [-0.05, 0) is 86.9 Å². The minimum atomic E-state index is -0.776. The Balaban J connectivity index is 1.51. The fraction of sp³-hybridized carbons (Fsp3) is 0.265. The van der Waals surface area contributed by atoms with Gasteiger partial charge in [-0.15, -0.1) is 0 Å². The molecule has 0 saturated heterocycles. The molecule has 4 aromatic rings. The summed E-state index contributed by atoms with van der Waals surface area (Å²) in [5.41, 5.74) is 2.85. The zero-order valence-corrected chi connectivity index (χ0v) is 27.8. The van der Waals surface area contributed by atoms with Crippen molar-refractivity contribution in [2.45, 2.75) is 46.4 Å². The highest BCUT2D eigenvalue weighted by atomic mass is 35.5. The van der Waals surface area contributed by atoms with Crippen LogP contribution in [0.25, 0.3) is 6.08 Å². The van der Waals surface area contributed by atoms with E-state index in [1.165, 1.54) is 11.3 Å². The number of halogens is 2. The summed E-state index contributed by atoms with van der Waals surface area (Å²) < 4.78 is 24.8. The molecule has 3 aromatic carbocycles. The van der Waals surface area contributed by atoms with Crippen LogP contribution in [-0.2, 0) is 16.1 Å². The number of fused-ring (bicyclic) bond motifs is 1. The number of ether oxygens (including phenoxy) is 4. The summed E-state index contributed by atoms with van der Waals surface area (Å²) in [6, 6.07) is 17.4. The van der Waals surface area contributed by atoms with Crippen LogP contribution in [0.5, 0.6) is 17.2 Å². The highest BCUT2D eigenvalue weighted by Crippen LogP contribution is 2.36. The SMILES string of the molecule is CCOC(=O)C1=C(C)N=c2s/c(=C\c3ccc(OCc4ccc(Cl)c(Cl)c4)cc3)c(=O)n2[C@@H]1c1ccc(OC(C)C)c(OC)c1. The predicted molar refractivity (Wildman–Crippen MR) is 176 cm³/mol. The van der Waals surface area contributed by atoms with Gasteiger partial charge in [-0.1, -0.05) is 58.8 Å².